The molecule has 0 N–H and O–H groups in total. The molecule has 2 heterocycles. The highest BCUT2D eigenvalue weighted by Crippen LogP contribution is 2.38. The van der Waals surface area contributed by atoms with Crippen molar-refractivity contribution in [2.75, 3.05) is 58.9 Å². The molecule has 0 saturated carbocycles. The van der Waals surface area contributed by atoms with Gasteiger partial charge in [0.2, 0.25) is 0 Å². The Kier molecular flexibility index (Phi) is 7.51. The van der Waals surface area contributed by atoms with E-state index >= 15 is 0 Å². The predicted molar refractivity (Wildman–Crippen MR) is 122 cm³/mol. The Hall–Kier alpha value is -2.48. The molecule has 0 aromatic heterocycles. The Morgan fingerprint density at radius 1 is 1.16 bits per heavy atom. The first-order chi connectivity index (χ1) is 15.2. The van der Waals surface area contributed by atoms with Crippen LogP contribution in [-0.4, -0.2) is 69.6 Å². The molecule has 0 spiro atoms. The molecule has 31 heavy (non-hydrogen) atoms. The fourth-order valence-corrected chi connectivity index (χ4v) is 4.32. The third kappa shape index (κ3) is 5.81. The molecule has 164 valence electrons. The van der Waals surface area contributed by atoms with Crippen LogP contribution in [-0.2, 0) is 4.74 Å². The zero-order valence-corrected chi connectivity index (χ0v) is 18.5. The highest BCUT2D eigenvalue weighted by atomic mass is 32.2. The maximum absolute atomic E-state index is 13.0. The van der Waals surface area contributed by atoms with Crippen LogP contribution >= 0.6 is 11.8 Å². The number of fused-ring (bicyclic) bond motifs is 1. The van der Waals surface area contributed by atoms with Gasteiger partial charge < -0.3 is 18.9 Å². The van der Waals surface area contributed by atoms with Crippen molar-refractivity contribution < 1.29 is 23.7 Å². The quantitative estimate of drug-likeness (QED) is 0.456. The number of methoxy groups -OCH3 is 1. The number of allylic oxidation sites excluding steroid dienone is 1. The summed E-state index contributed by atoms with van der Waals surface area (Å²) >= 11 is 1.70. The van der Waals surface area contributed by atoms with Crippen LogP contribution in [0.3, 0.4) is 0 Å². The minimum Gasteiger partial charge on any atom is -0.497 e. The van der Waals surface area contributed by atoms with Gasteiger partial charge in [-0.15, -0.1) is 11.8 Å². The lowest BCUT2D eigenvalue weighted by Crippen LogP contribution is -2.38. The van der Waals surface area contributed by atoms with Crippen LogP contribution in [0.2, 0.25) is 0 Å². The van der Waals surface area contributed by atoms with Crippen LogP contribution in [0, 0.1) is 0 Å². The van der Waals surface area contributed by atoms with E-state index in [4.69, 9.17) is 18.9 Å². The number of ketones is 1. The van der Waals surface area contributed by atoms with Crippen LogP contribution in [0.15, 0.2) is 47.4 Å². The molecule has 2 aliphatic rings. The summed E-state index contributed by atoms with van der Waals surface area (Å²) in [6.45, 7) is 5.29. The molecule has 0 aliphatic carbocycles. The van der Waals surface area contributed by atoms with E-state index in [0.29, 0.717) is 24.5 Å². The van der Waals surface area contributed by atoms with Gasteiger partial charge in [-0.3, -0.25) is 9.69 Å². The molecule has 1 saturated heterocycles. The average molecular weight is 442 g/mol. The Bertz CT molecular complexity index is 922. The van der Waals surface area contributed by atoms with E-state index in [0.717, 1.165) is 60.6 Å². The molecule has 2 aromatic carbocycles. The molecule has 1 fully saturated rings. The van der Waals surface area contributed by atoms with Crippen molar-refractivity contribution >= 4 is 23.6 Å². The lowest BCUT2D eigenvalue weighted by atomic mass is 10.1. The number of carbonyl (C=O) groups excluding carboxylic acids is 1. The second-order valence-corrected chi connectivity index (χ2v) is 8.40. The molecule has 7 heteroatoms. The summed E-state index contributed by atoms with van der Waals surface area (Å²) in [6, 6.07) is 11.3. The Morgan fingerprint density at radius 2 is 1.97 bits per heavy atom. The van der Waals surface area contributed by atoms with Crippen molar-refractivity contribution in [1.82, 2.24) is 4.90 Å². The monoisotopic (exact) mass is 441 g/mol. The van der Waals surface area contributed by atoms with E-state index in [1.807, 2.05) is 42.5 Å². The van der Waals surface area contributed by atoms with Crippen LogP contribution in [0.1, 0.15) is 15.9 Å². The number of morpholine rings is 1. The minimum atomic E-state index is -0.0915. The molecule has 2 aromatic rings. The number of hydrogen-bond acceptors (Lipinski definition) is 7. The van der Waals surface area contributed by atoms with Crippen molar-refractivity contribution in [3.05, 3.63) is 53.6 Å². The lowest BCUT2D eigenvalue weighted by molar-refractivity contribution is 0.0322. The largest absolute Gasteiger partial charge is 0.497 e. The molecule has 0 amide bonds. The highest BCUT2D eigenvalue weighted by molar-refractivity contribution is 7.99. The molecule has 6 nitrogen and oxygen atoms in total. The van der Waals surface area contributed by atoms with Crippen LogP contribution in [0.5, 0.6) is 17.2 Å². The van der Waals surface area contributed by atoms with E-state index in [-0.39, 0.29) is 5.78 Å². The first-order valence-electron chi connectivity index (χ1n) is 10.5. The standard InChI is InChI=1S/C24H27NO5S/c1-27-19-5-2-18(3-6-19)4-7-21(26)20-16-24-23(30-14-15-31-24)17-22(20)29-13-10-25-8-11-28-12-9-25/h2-7,16-17H,8-15H2,1H3. The van der Waals surface area contributed by atoms with Gasteiger partial charge in [0.25, 0.3) is 0 Å². The maximum atomic E-state index is 13.0. The molecule has 2 aliphatic heterocycles. The Morgan fingerprint density at radius 3 is 2.74 bits per heavy atom. The zero-order valence-electron chi connectivity index (χ0n) is 17.7. The first kappa shape index (κ1) is 21.7. The third-order valence-corrected chi connectivity index (χ3v) is 6.22. The molecule has 0 atom stereocenters. The molecular formula is C24H27NO5S. The number of nitrogens with zero attached hydrogens (tertiary/aromatic N) is 1. The SMILES string of the molecule is COc1ccc(C=CC(=O)c2cc3c(cc2OCCN2CCOCC2)OCCS3)cc1. The van der Waals surface area contributed by atoms with Crippen molar-refractivity contribution in [1.29, 1.82) is 0 Å². The second-order valence-electron chi connectivity index (χ2n) is 7.27. The molecule has 0 bridgehead atoms. The van der Waals surface area contributed by atoms with E-state index in [1.54, 1.807) is 24.9 Å². The number of thioether (sulfide) groups is 1. The van der Waals surface area contributed by atoms with Gasteiger partial charge in [0, 0.05) is 31.5 Å². The van der Waals surface area contributed by atoms with Gasteiger partial charge in [0.1, 0.15) is 23.9 Å². The van der Waals surface area contributed by atoms with E-state index in [9.17, 15) is 4.79 Å². The Balaban J connectivity index is 1.49. The van der Waals surface area contributed by atoms with Gasteiger partial charge >= 0.3 is 0 Å². The summed E-state index contributed by atoms with van der Waals surface area (Å²) < 4.78 is 22.4. The van der Waals surface area contributed by atoms with Crippen LogP contribution < -0.4 is 14.2 Å². The van der Waals surface area contributed by atoms with Gasteiger partial charge in [-0.2, -0.15) is 0 Å². The fourth-order valence-electron chi connectivity index (χ4n) is 3.47. The third-order valence-electron chi connectivity index (χ3n) is 5.22. The predicted octanol–water partition coefficient (Wildman–Crippen LogP) is 3.79. The smallest absolute Gasteiger partial charge is 0.189 e. The summed E-state index contributed by atoms with van der Waals surface area (Å²) in [6.07, 6.45) is 3.40. The van der Waals surface area contributed by atoms with Gasteiger partial charge in [-0.25, -0.2) is 0 Å². The van der Waals surface area contributed by atoms with Gasteiger partial charge in [-0.05, 0) is 29.8 Å². The van der Waals surface area contributed by atoms with E-state index in [1.165, 1.54) is 0 Å². The summed E-state index contributed by atoms with van der Waals surface area (Å²) in [5.41, 5.74) is 1.49. The van der Waals surface area contributed by atoms with Crippen molar-refractivity contribution in [3.8, 4) is 17.2 Å². The topological polar surface area (TPSA) is 57.2 Å². The van der Waals surface area contributed by atoms with Gasteiger partial charge in [-0.1, -0.05) is 18.2 Å². The van der Waals surface area contributed by atoms with Crippen LogP contribution in [0.25, 0.3) is 6.08 Å². The zero-order chi connectivity index (χ0) is 21.5. The Labute approximate surface area is 187 Å². The normalized spacial score (nSPS) is 16.5. The van der Waals surface area contributed by atoms with E-state index in [2.05, 4.69) is 4.90 Å². The number of benzene rings is 2. The maximum Gasteiger partial charge on any atom is 0.189 e. The average Bonchev–Trinajstić information content (AvgIpc) is 2.83. The summed E-state index contributed by atoms with van der Waals surface area (Å²) in [5, 5.41) is 0. The first-order valence-corrected chi connectivity index (χ1v) is 11.4. The summed E-state index contributed by atoms with van der Waals surface area (Å²) in [4.78, 5) is 16.3. The summed E-state index contributed by atoms with van der Waals surface area (Å²) in [5.74, 6) is 2.92. The molecular weight excluding hydrogens is 414 g/mol. The van der Waals surface area contributed by atoms with E-state index < -0.39 is 0 Å². The van der Waals surface area contributed by atoms with Crippen molar-refractivity contribution in [2.24, 2.45) is 0 Å². The number of rotatable bonds is 8. The molecule has 0 radical (unpaired) electrons. The van der Waals surface area contributed by atoms with Crippen molar-refractivity contribution in [2.45, 2.75) is 4.90 Å². The highest BCUT2D eigenvalue weighted by Gasteiger charge is 2.20. The molecule has 0 unspecified atom stereocenters. The number of ether oxygens (including phenoxy) is 4. The van der Waals surface area contributed by atoms with Crippen LogP contribution in [0.4, 0.5) is 0 Å². The molecule has 4 rings (SSSR count). The summed E-state index contributed by atoms with van der Waals surface area (Å²) in [7, 11) is 1.63. The number of hydrogen-bond donors (Lipinski definition) is 0. The van der Waals surface area contributed by atoms with Gasteiger partial charge in [0.05, 0.1) is 37.4 Å². The second kappa shape index (κ2) is 10.7. The fraction of sp³-hybridized carbons (Fsp3) is 0.375. The van der Waals surface area contributed by atoms with Gasteiger partial charge in [0.15, 0.2) is 5.78 Å². The minimum absolute atomic E-state index is 0.0915. The lowest BCUT2D eigenvalue weighted by Gasteiger charge is -2.26. The number of carbonyl (C=O) groups is 1. The van der Waals surface area contributed by atoms with Crippen molar-refractivity contribution in [3.63, 3.8) is 0 Å².